The first kappa shape index (κ1) is 15.7. The molecule has 1 aliphatic heterocycles. The van der Waals surface area contributed by atoms with Crippen molar-refractivity contribution in [3.8, 4) is 11.5 Å². The smallest absolute Gasteiger partial charge is 0.303 e. The molecule has 4 nitrogen and oxygen atoms in total. The minimum atomic E-state index is -0.738. The second-order valence-corrected chi connectivity index (χ2v) is 6.88. The van der Waals surface area contributed by atoms with Crippen LogP contribution in [0.15, 0.2) is 10.5 Å². The minimum Gasteiger partial charge on any atom is -0.490 e. The summed E-state index contributed by atoms with van der Waals surface area (Å²) in [6.45, 7) is 3.39. The fourth-order valence-corrected chi connectivity index (χ4v) is 4.04. The summed E-state index contributed by atoms with van der Waals surface area (Å²) in [6.07, 6.45) is 4.08. The van der Waals surface area contributed by atoms with Gasteiger partial charge < -0.3 is 14.6 Å². The van der Waals surface area contributed by atoms with Gasteiger partial charge in [0.05, 0.1) is 19.6 Å². The molecule has 1 aromatic rings. The molecule has 1 atom stereocenters. The fourth-order valence-electron chi connectivity index (χ4n) is 3.30. The lowest BCUT2D eigenvalue weighted by molar-refractivity contribution is -0.137. The van der Waals surface area contributed by atoms with Crippen LogP contribution in [0.5, 0.6) is 11.5 Å². The van der Waals surface area contributed by atoms with Gasteiger partial charge in [0.1, 0.15) is 0 Å². The standard InChI is InChI=1S/C17H21BrO4/c1-2-11-16(12(8-15(19)20)10-4-5-10)13(18)9-14-17(11)22-7-3-6-21-14/h9-10,12H,2-8H2,1H3,(H,19,20). The van der Waals surface area contributed by atoms with E-state index >= 15 is 0 Å². The lowest BCUT2D eigenvalue weighted by Crippen LogP contribution is -2.12. The number of carboxylic acid groups (broad SMARTS) is 1. The first-order chi connectivity index (χ1) is 10.6. The van der Waals surface area contributed by atoms with Gasteiger partial charge in [-0.1, -0.05) is 22.9 Å². The van der Waals surface area contributed by atoms with Crippen LogP contribution in [0.2, 0.25) is 0 Å². The number of aliphatic carboxylic acids is 1. The van der Waals surface area contributed by atoms with Crippen molar-refractivity contribution in [1.29, 1.82) is 0 Å². The molecule has 0 amide bonds. The average Bonchev–Trinajstić information content (AvgIpc) is 3.30. The van der Waals surface area contributed by atoms with Crippen molar-refractivity contribution in [2.24, 2.45) is 5.92 Å². The maximum atomic E-state index is 11.3. The molecule has 0 bridgehead atoms. The Labute approximate surface area is 138 Å². The highest BCUT2D eigenvalue weighted by Gasteiger charge is 2.37. The van der Waals surface area contributed by atoms with Crippen molar-refractivity contribution in [2.45, 2.75) is 44.9 Å². The molecule has 1 heterocycles. The molecule has 1 N–H and O–H groups in total. The van der Waals surface area contributed by atoms with Gasteiger partial charge in [0, 0.05) is 16.5 Å². The number of benzene rings is 1. The van der Waals surface area contributed by atoms with Gasteiger partial charge in [0.2, 0.25) is 0 Å². The van der Waals surface area contributed by atoms with Crippen molar-refractivity contribution in [3.05, 3.63) is 21.7 Å². The van der Waals surface area contributed by atoms with Crippen LogP contribution < -0.4 is 9.47 Å². The summed E-state index contributed by atoms with van der Waals surface area (Å²) in [4.78, 5) is 11.3. The van der Waals surface area contributed by atoms with Crippen molar-refractivity contribution >= 4 is 21.9 Å². The van der Waals surface area contributed by atoms with Crippen LogP contribution in [-0.4, -0.2) is 24.3 Å². The Kier molecular flexibility index (Phi) is 4.62. The number of rotatable bonds is 5. The lowest BCUT2D eigenvalue weighted by atomic mass is 9.86. The number of hydrogen-bond donors (Lipinski definition) is 1. The molecule has 0 spiro atoms. The Morgan fingerprint density at radius 2 is 2.14 bits per heavy atom. The summed E-state index contributed by atoms with van der Waals surface area (Å²) in [6, 6.07) is 1.95. The molecule has 1 fully saturated rings. The van der Waals surface area contributed by atoms with Crippen LogP contribution in [-0.2, 0) is 11.2 Å². The largest absolute Gasteiger partial charge is 0.490 e. The Morgan fingerprint density at radius 3 is 2.77 bits per heavy atom. The number of carbonyl (C=O) groups is 1. The van der Waals surface area contributed by atoms with Crippen LogP contribution in [0.3, 0.4) is 0 Å². The van der Waals surface area contributed by atoms with Gasteiger partial charge in [-0.2, -0.15) is 0 Å². The highest BCUT2D eigenvalue weighted by atomic mass is 79.9. The molecule has 0 saturated heterocycles. The molecule has 0 aromatic heterocycles. The number of halogens is 1. The van der Waals surface area contributed by atoms with E-state index in [0.29, 0.717) is 19.1 Å². The normalized spacial score (nSPS) is 18.6. The number of carboxylic acids is 1. The molecular formula is C17H21BrO4. The first-order valence-corrected chi connectivity index (χ1v) is 8.73. The van der Waals surface area contributed by atoms with Crippen molar-refractivity contribution < 1.29 is 19.4 Å². The fraction of sp³-hybridized carbons (Fsp3) is 0.588. The van der Waals surface area contributed by atoms with E-state index in [1.54, 1.807) is 0 Å². The van der Waals surface area contributed by atoms with Crippen LogP contribution in [0.25, 0.3) is 0 Å². The Balaban J connectivity index is 2.09. The van der Waals surface area contributed by atoms with Crippen LogP contribution in [0.1, 0.15) is 49.7 Å². The number of hydrogen-bond acceptors (Lipinski definition) is 3. The van der Waals surface area contributed by atoms with Gasteiger partial charge in [0.15, 0.2) is 11.5 Å². The molecule has 2 aliphatic rings. The molecule has 5 heteroatoms. The third-order valence-electron chi connectivity index (χ3n) is 4.44. The molecule has 0 radical (unpaired) electrons. The van der Waals surface area contributed by atoms with Gasteiger partial charge in [-0.15, -0.1) is 0 Å². The maximum absolute atomic E-state index is 11.3. The van der Waals surface area contributed by atoms with Gasteiger partial charge >= 0.3 is 5.97 Å². The number of fused-ring (bicyclic) bond motifs is 1. The quantitative estimate of drug-likeness (QED) is 0.848. The van der Waals surface area contributed by atoms with E-state index in [-0.39, 0.29) is 12.3 Å². The van der Waals surface area contributed by atoms with Gasteiger partial charge in [0.25, 0.3) is 0 Å². The van der Waals surface area contributed by atoms with Gasteiger partial charge in [-0.3, -0.25) is 4.79 Å². The minimum absolute atomic E-state index is 0.0546. The maximum Gasteiger partial charge on any atom is 0.303 e. The summed E-state index contributed by atoms with van der Waals surface area (Å²) < 4.78 is 12.7. The SMILES string of the molecule is CCc1c2c(cc(Br)c1C(CC(=O)O)C1CC1)OCCCO2. The van der Waals surface area contributed by atoms with Gasteiger partial charge in [-0.05, 0) is 42.7 Å². The predicted octanol–water partition coefficient (Wildman–Crippen LogP) is 4.14. The third-order valence-corrected chi connectivity index (χ3v) is 5.10. The van der Waals surface area contributed by atoms with E-state index < -0.39 is 5.97 Å². The van der Waals surface area contributed by atoms with Crippen molar-refractivity contribution in [3.63, 3.8) is 0 Å². The van der Waals surface area contributed by atoms with Crippen molar-refractivity contribution in [2.75, 3.05) is 13.2 Å². The van der Waals surface area contributed by atoms with Crippen LogP contribution in [0.4, 0.5) is 0 Å². The van der Waals surface area contributed by atoms with Crippen LogP contribution in [0, 0.1) is 5.92 Å². The van der Waals surface area contributed by atoms with E-state index in [0.717, 1.165) is 52.8 Å². The van der Waals surface area contributed by atoms with E-state index in [4.69, 9.17) is 9.47 Å². The second kappa shape index (κ2) is 6.49. The molecule has 1 aliphatic carbocycles. The Bertz CT molecular complexity index is 581. The zero-order valence-corrected chi connectivity index (χ0v) is 14.3. The van der Waals surface area contributed by atoms with E-state index in [1.165, 1.54) is 0 Å². The number of ether oxygens (including phenoxy) is 2. The summed E-state index contributed by atoms with van der Waals surface area (Å²) in [7, 11) is 0. The average molecular weight is 369 g/mol. The van der Waals surface area contributed by atoms with E-state index in [1.807, 2.05) is 6.07 Å². The van der Waals surface area contributed by atoms with Crippen molar-refractivity contribution in [1.82, 2.24) is 0 Å². The highest BCUT2D eigenvalue weighted by Crippen LogP contribution is 2.51. The third kappa shape index (κ3) is 3.09. The van der Waals surface area contributed by atoms with Crippen LogP contribution >= 0.6 is 15.9 Å². The zero-order chi connectivity index (χ0) is 15.7. The molecule has 1 aromatic carbocycles. The van der Waals surface area contributed by atoms with Gasteiger partial charge in [-0.25, -0.2) is 0 Å². The Morgan fingerprint density at radius 1 is 1.41 bits per heavy atom. The van der Waals surface area contributed by atoms with E-state index in [9.17, 15) is 9.90 Å². The monoisotopic (exact) mass is 368 g/mol. The highest BCUT2D eigenvalue weighted by molar-refractivity contribution is 9.10. The molecule has 120 valence electrons. The molecular weight excluding hydrogens is 348 g/mol. The summed E-state index contributed by atoms with van der Waals surface area (Å²) >= 11 is 3.65. The molecule has 3 rings (SSSR count). The summed E-state index contributed by atoms with van der Waals surface area (Å²) in [5, 5.41) is 9.29. The second-order valence-electron chi connectivity index (χ2n) is 6.02. The molecule has 22 heavy (non-hydrogen) atoms. The topological polar surface area (TPSA) is 55.8 Å². The predicted molar refractivity (Wildman–Crippen MR) is 86.8 cm³/mol. The zero-order valence-electron chi connectivity index (χ0n) is 12.7. The first-order valence-electron chi connectivity index (χ1n) is 7.94. The molecule has 1 saturated carbocycles. The van der Waals surface area contributed by atoms with E-state index in [2.05, 4.69) is 22.9 Å². The summed E-state index contributed by atoms with van der Waals surface area (Å²) in [5.74, 6) is 1.38. The molecule has 1 unspecified atom stereocenters. The Hall–Kier alpha value is -1.23. The summed E-state index contributed by atoms with van der Waals surface area (Å²) in [5.41, 5.74) is 2.21. The lowest BCUT2D eigenvalue weighted by Gasteiger charge is -2.23.